The van der Waals surface area contributed by atoms with Crippen molar-refractivity contribution in [3.63, 3.8) is 0 Å². The van der Waals surface area contributed by atoms with Gasteiger partial charge in [0.05, 0.1) is 29.1 Å². The molecule has 3 aliphatic rings. The number of ether oxygens (including phenoxy) is 1. The average Bonchev–Trinajstić information content (AvgIpc) is 3.52. The number of hydrogen-bond acceptors (Lipinski definition) is 5. The fraction of sp³-hybridized carbons (Fsp3) is 0.385. The maximum atomic E-state index is 12.9. The minimum Gasteiger partial charge on any atom is -0.452 e. The van der Waals surface area contributed by atoms with E-state index >= 15 is 0 Å². The van der Waals surface area contributed by atoms with Crippen LogP contribution in [-0.4, -0.2) is 30.3 Å². The van der Waals surface area contributed by atoms with Crippen molar-refractivity contribution in [3.05, 3.63) is 65.7 Å². The molecule has 2 aromatic rings. The molecule has 2 aromatic carbocycles. The van der Waals surface area contributed by atoms with Crippen LogP contribution in [0.15, 0.2) is 54.6 Å². The molecule has 1 N–H and O–H groups in total. The van der Waals surface area contributed by atoms with Gasteiger partial charge in [-0.25, -0.2) is 4.79 Å². The van der Waals surface area contributed by atoms with Crippen LogP contribution < -0.4 is 10.2 Å². The first-order valence-electron chi connectivity index (χ1n) is 11.4. The molecule has 170 valence electrons. The summed E-state index contributed by atoms with van der Waals surface area (Å²) < 4.78 is 5.13. The molecule has 2 saturated carbocycles. The van der Waals surface area contributed by atoms with Crippen LogP contribution in [0.2, 0.25) is 0 Å². The van der Waals surface area contributed by atoms with Gasteiger partial charge in [0.1, 0.15) is 0 Å². The number of nitrogens with one attached hydrogen (secondary N) is 1. The number of nitrogens with zero attached hydrogens (tertiary/aromatic N) is 1. The molecule has 0 radical (unpaired) electrons. The van der Waals surface area contributed by atoms with Crippen molar-refractivity contribution in [2.24, 2.45) is 23.7 Å². The molecule has 5 rings (SSSR count). The highest BCUT2D eigenvalue weighted by atomic mass is 16.5. The van der Waals surface area contributed by atoms with E-state index in [4.69, 9.17) is 4.74 Å². The molecule has 1 aliphatic heterocycles. The van der Waals surface area contributed by atoms with Gasteiger partial charge >= 0.3 is 5.97 Å². The number of fused-ring (bicyclic) bond motifs is 5. The third kappa shape index (κ3) is 3.81. The Morgan fingerprint density at radius 1 is 0.970 bits per heavy atom. The number of amides is 3. The number of carbonyl (C=O) groups excluding carboxylic acids is 4. The van der Waals surface area contributed by atoms with Crippen LogP contribution in [0.1, 0.15) is 48.1 Å². The molecule has 33 heavy (non-hydrogen) atoms. The zero-order valence-corrected chi connectivity index (χ0v) is 18.4. The second-order valence-corrected chi connectivity index (χ2v) is 9.22. The Hall–Kier alpha value is -3.48. The molecule has 0 spiro atoms. The van der Waals surface area contributed by atoms with Crippen LogP contribution in [0.4, 0.5) is 5.69 Å². The molecular weight excluding hydrogens is 420 g/mol. The minimum absolute atomic E-state index is 0.114. The predicted octanol–water partition coefficient (Wildman–Crippen LogP) is 3.26. The lowest BCUT2D eigenvalue weighted by atomic mass is 9.81. The average molecular weight is 447 g/mol. The van der Waals surface area contributed by atoms with Gasteiger partial charge in [-0.05, 0) is 67.9 Å². The Morgan fingerprint density at radius 2 is 1.58 bits per heavy atom. The second kappa shape index (κ2) is 8.46. The van der Waals surface area contributed by atoms with Gasteiger partial charge in [-0.2, -0.15) is 0 Å². The minimum atomic E-state index is -0.641. The summed E-state index contributed by atoms with van der Waals surface area (Å²) in [6, 6.07) is 15.5. The van der Waals surface area contributed by atoms with Crippen molar-refractivity contribution in [2.45, 2.75) is 32.2 Å². The van der Waals surface area contributed by atoms with Crippen LogP contribution in [-0.2, 0) is 19.1 Å². The fourth-order valence-electron chi connectivity index (χ4n) is 5.73. The maximum absolute atomic E-state index is 12.9. The van der Waals surface area contributed by atoms with E-state index in [-0.39, 0.29) is 35.3 Å². The Labute approximate surface area is 192 Å². The van der Waals surface area contributed by atoms with Crippen LogP contribution in [0, 0.1) is 23.7 Å². The van der Waals surface area contributed by atoms with Gasteiger partial charge in [0, 0.05) is 0 Å². The van der Waals surface area contributed by atoms with Gasteiger partial charge in [-0.1, -0.05) is 30.3 Å². The zero-order chi connectivity index (χ0) is 23.1. The lowest BCUT2D eigenvalue weighted by Crippen LogP contribution is -2.32. The Morgan fingerprint density at radius 3 is 2.18 bits per heavy atom. The summed E-state index contributed by atoms with van der Waals surface area (Å²) in [5, 5.41) is 2.79. The molecule has 0 aromatic heterocycles. The summed E-state index contributed by atoms with van der Waals surface area (Å²) in [7, 11) is 0. The van der Waals surface area contributed by atoms with Crippen molar-refractivity contribution >= 4 is 29.4 Å². The van der Waals surface area contributed by atoms with Crippen molar-refractivity contribution in [1.29, 1.82) is 0 Å². The molecule has 2 aliphatic carbocycles. The first-order chi connectivity index (χ1) is 15.9. The predicted molar refractivity (Wildman–Crippen MR) is 120 cm³/mol. The topological polar surface area (TPSA) is 92.8 Å². The monoisotopic (exact) mass is 446 g/mol. The summed E-state index contributed by atoms with van der Waals surface area (Å²) in [5.41, 5.74) is 1.68. The van der Waals surface area contributed by atoms with Crippen LogP contribution in [0.25, 0.3) is 0 Å². The van der Waals surface area contributed by atoms with Crippen molar-refractivity contribution in [3.8, 4) is 0 Å². The quantitative estimate of drug-likeness (QED) is 0.543. The highest BCUT2D eigenvalue weighted by Gasteiger charge is 2.61. The number of imide groups is 1. The molecular formula is C26H26N2O5. The Balaban J connectivity index is 1.18. The van der Waals surface area contributed by atoms with Crippen LogP contribution >= 0.6 is 0 Å². The lowest BCUT2D eigenvalue weighted by Gasteiger charge is -2.19. The van der Waals surface area contributed by atoms with E-state index in [0.717, 1.165) is 24.8 Å². The van der Waals surface area contributed by atoms with E-state index in [0.29, 0.717) is 17.5 Å². The summed E-state index contributed by atoms with van der Waals surface area (Å²) >= 11 is 0. The van der Waals surface area contributed by atoms with E-state index in [1.165, 1.54) is 17.0 Å². The van der Waals surface area contributed by atoms with E-state index in [9.17, 15) is 19.2 Å². The highest BCUT2D eigenvalue weighted by molar-refractivity contribution is 6.22. The van der Waals surface area contributed by atoms with Gasteiger partial charge < -0.3 is 10.1 Å². The number of hydrogen-bond donors (Lipinski definition) is 1. The summed E-state index contributed by atoms with van der Waals surface area (Å²) in [4.78, 5) is 51.7. The van der Waals surface area contributed by atoms with E-state index in [1.807, 2.05) is 37.3 Å². The lowest BCUT2D eigenvalue weighted by molar-refractivity contribution is -0.125. The zero-order valence-electron chi connectivity index (χ0n) is 18.4. The van der Waals surface area contributed by atoms with Crippen molar-refractivity contribution in [2.75, 3.05) is 11.5 Å². The third-order valence-electron chi connectivity index (χ3n) is 7.30. The van der Waals surface area contributed by atoms with Crippen LogP contribution in [0.5, 0.6) is 0 Å². The summed E-state index contributed by atoms with van der Waals surface area (Å²) in [5.74, 6) is -0.981. The summed E-state index contributed by atoms with van der Waals surface area (Å²) in [6.45, 7) is 1.46. The molecule has 7 nitrogen and oxygen atoms in total. The molecule has 7 heteroatoms. The number of esters is 1. The number of anilines is 1. The van der Waals surface area contributed by atoms with Gasteiger partial charge in [-0.3, -0.25) is 19.3 Å². The Bertz CT molecular complexity index is 1070. The molecule has 0 unspecified atom stereocenters. The molecule has 5 atom stereocenters. The van der Waals surface area contributed by atoms with E-state index in [2.05, 4.69) is 5.32 Å². The normalized spacial score (nSPS) is 26.3. The van der Waals surface area contributed by atoms with Gasteiger partial charge in [0.25, 0.3) is 5.91 Å². The smallest absolute Gasteiger partial charge is 0.338 e. The molecule has 2 bridgehead atoms. The third-order valence-corrected chi connectivity index (χ3v) is 7.30. The molecule has 3 amide bonds. The summed E-state index contributed by atoms with van der Waals surface area (Å²) in [6.07, 6.45) is 3.05. The largest absolute Gasteiger partial charge is 0.452 e. The SMILES string of the molecule is C[C@@H](NC(=O)COC(=O)c1ccc(N2C(=O)[C@@H]3[C@H]4CC[C@@H](C4)[C@@H]3C2=O)cc1)c1ccccc1. The fourth-order valence-corrected chi connectivity index (χ4v) is 5.73. The molecule has 3 fully saturated rings. The standard InChI is InChI=1S/C26H26N2O5/c1-15(16-5-3-2-4-6-16)27-21(29)14-33-26(32)17-9-11-20(12-10-17)28-24(30)22-18-7-8-19(13-18)23(22)25(28)31/h2-6,9-12,15,18-19,22-23H,7-8,13-14H2,1H3,(H,27,29)/t15-,18+,19+,22-,23+/m1/s1. The van der Waals surface area contributed by atoms with Gasteiger partial charge in [-0.15, -0.1) is 0 Å². The van der Waals surface area contributed by atoms with Gasteiger partial charge in [0.2, 0.25) is 11.8 Å². The first kappa shape index (κ1) is 21.4. The number of benzene rings is 2. The number of rotatable bonds is 6. The first-order valence-corrected chi connectivity index (χ1v) is 11.4. The Kier molecular flexibility index (Phi) is 5.48. The van der Waals surface area contributed by atoms with Crippen molar-refractivity contribution < 1.29 is 23.9 Å². The van der Waals surface area contributed by atoms with Crippen LogP contribution in [0.3, 0.4) is 0 Å². The maximum Gasteiger partial charge on any atom is 0.338 e. The molecule has 1 saturated heterocycles. The second-order valence-electron chi connectivity index (χ2n) is 9.22. The van der Waals surface area contributed by atoms with Gasteiger partial charge in [0.15, 0.2) is 6.61 Å². The van der Waals surface area contributed by atoms with E-state index in [1.54, 1.807) is 12.1 Å². The molecule has 1 heterocycles. The number of carbonyl (C=O) groups is 4. The van der Waals surface area contributed by atoms with Crippen molar-refractivity contribution in [1.82, 2.24) is 5.32 Å². The highest BCUT2D eigenvalue weighted by Crippen LogP contribution is 2.56. The van der Waals surface area contributed by atoms with E-state index < -0.39 is 18.5 Å².